The van der Waals surface area contributed by atoms with Gasteiger partial charge in [-0.1, -0.05) is 203 Å². The molecule has 6 aromatic carbocycles. The quantitative estimate of drug-likeness (QED) is 0.0401. The number of phenolic OH excluding ortho intramolecular Hbond substituents is 2. The van der Waals surface area contributed by atoms with Crippen molar-refractivity contribution < 1.29 is 38.8 Å². The van der Waals surface area contributed by atoms with E-state index < -0.39 is 0 Å². The number of nitrogens with one attached hydrogen (secondary N) is 3. The van der Waals surface area contributed by atoms with E-state index >= 15 is 0 Å². The number of rotatable bonds is 24. The van der Waals surface area contributed by atoms with E-state index in [2.05, 4.69) is 234 Å². The molecule has 6 rings (SSSR count). The van der Waals surface area contributed by atoms with Crippen molar-refractivity contribution in [2.75, 3.05) is 16.0 Å². The lowest BCUT2D eigenvalue weighted by Gasteiger charge is -2.30. The van der Waals surface area contributed by atoms with Crippen LogP contribution in [0, 0.1) is 45.4 Å². The summed E-state index contributed by atoms with van der Waals surface area (Å²) >= 11 is 0. The molecule has 0 spiro atoms. The van der Waals surface area contributed by atoms with Crippen LogP contribution in [0.2, 0.25) is 0 Å². The number of hydrogen-bond donors (Lipinski definition) is 5. The van der Waals surface area contributed by atoms with Gasteiger partial charge in [-0.15, -0.1) is 0 Å². The van der Waals surface area contributed by atoms with E-state index in [9.17, 15) is 24.6 Å². The molecule has 564 valence electrons. The fraction of sp³-hybridized carbons (Fsp3) is 0.571. The lowest BCUT2D eigenvalue weighted by atomic mass is 9.75. The topological polar surface area (TPSA) is 155 Å². The Morgan fingerprint density at radius 1 is 0.353 bits per heavy atom. The number of phenols is 2. The smallest absolute Gasteiger partial charge is 0.224 e. The van der Waals surface area contributed by atoms with Gasteiger partial charge in [0.2, 0.25) is 17.7 Å². The van der Waals surface area contributed by atoms with Crippen LogP contribution in [0.15, 0.2) is 91.0 Å². The van der Waals surface area contributed by atoms with Crippen molar-refractivity contribution in [2.24, 2.45) is 17.8 Å². The molecule has 0 aromatic heterocycles. The number of amides is 3. The van der Waals surface area contributed by atoms with Crippen LogP contribution in [0.25, 0.3) is 0 Å². The fourth-order valence-corrected chi connectivity index (χ4v) is 13.4. The van der Waals surface area contributed by atoms with Crippen LogP contribution in [0.3, 0.4) is 0 Å². The Labute approximate surface area is 619 Å². The van der Waals surface area contributed by atoms with Gasteiger partial charge in [0.05, 0.1) is 18.3 Å². The zero-order valence-electron chi connectivity index (χ0n) is 69.3. The van der Waals surface area contributed by atoms with Gasteiger partial charge in [0, 0.05) is 36.3 Å². The molecule has 0 heterocycles. The van der Waals surface area contributed by atoms with Crippen LogP contribution in [-0.2, 0) is 66.1 Å². The van der Waals surface area contributed by atoms with Gasteiger partial charge in [0.1, 0.15) is 28.7 Å². The number of hydrogen-bond acceptors (Lipinski definition) is 8. The monoisotopic (exact) mass is 1400 g/mol. The molecule has 0 aliphatic rings. The highest BCUT2D eigenvalue weighted by Gasteiger charge is 2.30. The first-order chi connectivity index (χ1) is 46.7. The number of carbonyl (C=O) groups is 3. The zero-order chi connectivity index (χ0) is 77.5. The first kappa shape index (κ1) is 87.1. The summed E-state index contributed by atoms with van der Waals surface area (Å²) in [5.74, 6) is 5.10. The Morgan fingerprint density at radius 3 is 0.961 bits per heavy atom. The number of aromatic hydroxyl groups is 2. The molecule has 0 aliphatic heterocycles. The summed E-state index contributed by atoms with van der Waals surface area (Å²) in [5, 5.41) is 31.0. The van der Waals surface area contributed by atoms with E-state index in [0.717, 1.165) is 110 Å². The average molecular weight is 1400 g/mol. The highest BCUT2D eigenvalue weighted by molar-refractivity contribution is 5.92. The summed E-state index contributed by atoms with van der Waals surface area (Å²) in [6.45, 7) is 66.5. The fourth-order valence-electron chi connectivity index (χ4n) is 13.4. The lowest BCUT2D eigenvalue weighted by molar-refractivity contribution is -0.117. The number of benzene rings is 6. The Kier molecular flexibility index (Phi) is 31.1. The second-order valence-electron chi connectivity index (χ2n) is 36.7. The molecular formula is C91H137N3O8. The SMILES string of the molecule is Cc1c(C(C)(C)C)cc(CCC(=O)Nc2ccc(OC(C)CC(C)C)cc2)cc1C(C)(C)C.Cc1cc(NC(=O)CCc2cc(C(C)(C)C)c(O)c(C(C)(C)C)c2)cc(C)c1OC(C)CC(C)C.Cc1cc(NC(=O)CCc2cc(C(C)(C)C)c(O)c(C(C)(C)C)c2)ccc1OC(C)CC(C)C. The van der Waals surface area contributed by atoms with Crippen LogP contribution >= 0.6 is 0 Å². The second kappa shape index (κ2) is 36.4. The van der Waals surface area contributed by atoms with Crippen molar-refractivity contribution in [3.8, 4) is 28.7 Å². The van der Waals surface area contributed by atoms with E-state index in [0.29, 0.717) is 61.4 Å². The van der Waals surface area contributed by atoms with Gasteiger partial charge in [-0.3, -0.25) is 14.4 Å². The van der Waals surface area contributed by atoms with Gasteiger partial charge < -0.3 is 40.4 Å². The van der Waals surface area contributed by atoms with E-state index in [-0.39, 0.29) is 68.5 Å². The van der Waals surface area contributed by atoms with Gasteiger partial charge in [-0.2, -0.15) is 0 Å². The van der Waals surface area contributed by atoms with Gasteiger partial charge in [0.15, 0.2) is 0 Å². The van der Waals surface area contributed by atoms with Crippen LogP contribution in [0.1, 0.15) is 298 Å². The molecule has 6 aromatic rings. The number of aryl methyl sites for hydroxylation is 6. The summed E-state index contributed by atoms with van der Waals surface area (Å²) in [5.41, 5.74) is 16.0. The molecule has 3 amide bonds. The standard InChI is InChI=1S/C31H47NO3.C30H45NO3.C30H45NO2/c1-19(2)14-22(5)35-29-20(3)15-24(16-21(29)4)32-27(33)13-12-23-17-25(30(6,7)8)28(34)26(18-23)31(9,10)11;1-19(2)15-21(4)34-26-13-12-23(16-20(26)3)31-27(32)14-11-22-17-24(29(5,6)7)28(33)25(18-22)30(8,9)10;1-20(2)17-21(3)33-25-14-12-24(13-15-25)31-28(32)16-11-23-18-26(29(5,6)7)22(4)27(19-23)30(8,9)10/h15-19,22,34H,12-14H2,1-11H3,(H,32,33);12-13,16-19,21,33H,11,14-15H2,1-10H3,(H,31,32);12-15,18-21H,11,16-17H2,1-10H3,(H,31,32). The van der Waals surface area contributed by atoms with Crippen molar-refractivity contribution >= 4 is 34.8 Å². The van der Waals surface area contributed by atoms with Crippen molar-refractivity contribution in [1.29, 1.82) is 0 Å². The summed E-state index contributed by atoms with van der Waals surface area (Å²) in [6, 6.07) is 30.2. The minimum Gasteiger partial charge on any atom is -0.507 e. The summed E-state index contributed by atoms with van der Waals surface area (Å²) in [7, 11) is 0. The van der Waals surface area contributed by atoms with Crippen molar-refractivity contribution in [1.82, 2.24) is 0 Å². The summed E-state index contributed by atoms with van der Waals surface area (Å²) < 4.78 is 18.2. The molecule has 0 radical (unpaired) electrons. The number of anilines is 3. The van der Waals surface area contributed by atoms with Gasteiger partial charge in [-0.05, 0) is 264 Å². The molecule has 0 saturated carbocycles. The minimum atomic E-state index is -0.187. The highest BCUT2D eigenvalue weighted by atomic mass is 16.5. The Hall–Kier alpha value is -7.27. The first-order valence-corrected chi connectivity index (χ1v) is 37.8. The number of ether oxygens (including phenoxy) is 3. The summed E-state index contributed by atoms with van der Waals surface area (Å²) in [4.78, 5) is 38.2. The third-order valence-electron chi connectivity index (χ3n) is 18.3. The predicted molar refractivity (Wildman–Crippen MR) is 433 cm³/mol. The van der Waals surface area contributed by atoms with Crippen LogP contribution < -0.4 is 30.2 Å². The van der Waals surface area contributed by atoms with E-state index in [1.54, 1.807) is 0 Å². The molecule has 3 unspecified atom stereocenters. The van der Waals surface area contributed by atoms with Crippen molar-refractivity contribution in [3.05, 3.63) is 163 Å². The third kappa shape index (κ3) is 28.1. The molecule has 3 atom stereocenters. The Balaban J connectivity index is 0.000000324. The molecule has 0 bridgehead atoms. The molecule has 11 heteroatoms. The molecular weight excluding hydrogens is 1260 g/mol. The highest BCUT2D eigenvalue weighted by Crippen LogP contribution is 2.43. The van der Waals surface area contributed by atoms with Crippen molar-refractivity contribution in [3.63, 3.8) is 0 Å². The third-order valence-corrected chi connectivity index (χ3v) is 18.3. The predicted octanol–water partition coefficient (Wildman–Crippen LogP) is 23.6. The molecule has 0 fully saturated rings. The average Bonchev–Trinajstić information content (AvgIpc) is 0.792. The van der Waals surface area contributed by atoms with Gasteiger partial charge >= 0.3 is 0 Å². The Bertz CT molecular complexity index is 3610. The molecule has 11 nitrogen and oxygen atoms in total. The van der Waals surface area contributed by atoms with E-state index in [1.165, 1.54) is 22.3 Å². The van der Waals surface area contributed by atoms with Gasteiger partial charge in [-0.25, -0.2) is 0 Å². The van der Waals surface area contributed by atoms with Crippen molar-refractivity contribution in [2.45, 2.75) is 323 Å². The van der Waals surface area contributed by atoms with Gasteiger partial charge in [0.25, 0.3) is 0 Å². The summed E-state index contributed by atoms with van der Waals surface area (Å²) in [6.07, 6.45) is 6.67. The van der Waals surface area contributed by atoms with Crippen LogP contribution in [0.5, 0.6) is 28.7 Å². The molecule has 102 heavy (non-hydrogen) atoms. The molecule has 0 aliphatic carbocycles. The maximum absolute atomic E-state index is 12.8. The van der Waals surface area contributed by atoms with Crippen LogP contribution in [0.4, 0.5) is 17.1 Å². The molecule has 0 saturated heterocycles. The zero-order valence-corrected chi connectivity index (χ0v) is 69.3. The normalized spacial score (nSPS) is 13.2. The first-order valence-electron chi connectivity index (χ1n) is 37.8. The second-order valence-corrected chi connectivity index (χ2v) is 36.7. The maximum atomic E-state index is 12.8. The largest absolute Gasteiger partial charge is 0.507 e. The number of carbonyl (C=O) groups excluding carboxylic acids is 3. The molecule has 5 N–H and O–H groups in total. The van der Waals surface area contributed by atoms with E-state index in [1.807, 2.05) is 87.5 Å². The maximum Gasteiger partial charge on any atom is 0.224 e. The van der Waals surface area contributed by atoms with Crippen LogP contribution in [-0.4, -0.2) is 46.2 Å². The van der Waals surface area contributed by atoms with E-state index in [4.69, 9.17) is 14.2 Å². The lowest BCUT2D eigenvalue weighted by Crippen LogP contribution is -2.20. The Morgan fingerprint density at radius 2 is 0.637 bits per heavy atom. The minimum absolute atomic E-state index is 0.0201.